The van der Waals surface area contributed by atoms with Gasteiger partial charge in [-0.1, -0.05) is 12.2 Å². The molecule has 0 unspecified atom stereocenters. The van der Waals surface area contributed by atoms with Gasteiger partial charge >= 0.3 is 0 Å². The lowest BCUT2D eigenvalue weighted by Gasteiger charge is -2.22. The van der Waals surface area contributed by atoms with Gasteiger partial charge in [-0.2, -0.15) is 0 Å². The van der Waals surface area contributed by atoms with Gasteiger partial charge in [0.2, 0.25) is 0 Å². The highest BCUT2D eigenvalue weighted by Crippen LogP contribution is 2.07. The Hall–Kier alpha value is -1.62. The molecule has 5 nitrogen and oxygen atoms in total. The zero-order valence-corrected chi connectivity index (χ0v) is 9.17. The summed E-state index contributed by atoms with van der Waals surface area (Å²) in [6.07, 6.45) is 8.44. The van der Waals surface area contributed by atoms with Crippen molar-refractivity contribution in [3.63, 3.8) is 0 Å². The van der Waals surface area contributed by atoms with Crippen molar-refractivity contribution >= 4 is 5.91 Å². The maximum Gasteiger partial charge on any atom is 0.274 e. The minimum absolute atomic E-state index is 0.000112. The van der Waals surface area contributed by atoms with E-state index in [0.29, 0.717) is 25.3 Å². The standard InChI is InChI=1S/C11H16N4O/c12-4-7-14-8-10(13-9-14)11(16)15-5-2-1-3-6-15/h1-2,8-9H,3-7,12H2. The Balaban J connectivity index is 2.05. The summed E-state index contributed by atoms with van der Waals surface area (Å²) in [5.41, 5.74) is 5.94. The van der Waals surface area contributed by atoms with Crippen LogP contribution in [0.15, 0.2) is 24.7 Å². The number of aromatic nitrogens is 2. The van der Waals surface area contributed by atoms with E-state index in [0.717, 1.165) is 13.0 Å². The summed E-state index contributed by atoms with van der Waals surface area (Å²) >= 11 is 0. The average Bonchev–Trinajstić information content (AvgIpc) is 2.78. The van der Waals surface area contributed by atoms with E-state index in [9.17, 15) is 4.79 Å². The first kappa shape index (κ1) is 10.9. The second-order valence-corrected chi connectivity index (χ2v) is 3.80. The molecule has 16 heavy (non-hydrogen) atoms. The van der Waals surface area contributed by atoms with Gasteiger partial charge in [-0.3, -0.25) is 4.79 Å². The second kappa shape index (κ2) is 4.94. The molecule has 1 aromatic rings. The zero-order chi connectivity index (χ0) is 11.4. The van der Waals surface area contributed by atoms with Crippen molar-refractivity contribution in [3.8, 4) is 0 Å². The number of carbonyl (C=O) groups excluding carboxylic acids is 1. The van der Waals surface area contributed by atoms with E-state index in [-0.39, 0.29) is 5.91 Å². The van der Waals surface area contributed by atoms with Crippen molar-refractivity contribution in [2.24, 2.45) is 5.73 Å². The fourth-order valence-corrected chi connectivity index (χ4v) is 1.73. The van der Waals surface area contributed by atoms with Crippen LogP contribution >= 0.6 is 0 Å². The van der Waals surface area contributed by atoms with E-state index in [1.807, 2.05) is 10.6 Å². The molecular formula is C11H16N4O. The number of carbonyl (C=O) groups is 1. The van der Waals surface area contributed by atoms with Gasteiger partial charge in [-0.15, -0.1) is 0 Å². The fourth-order valence-electron chi connectivity index (χ4n) is 1.73. The third-order valence-electron chi connectivity index (χ3n) is 2.59. The van der Waals surface area contributed by atoms with E-state index in [4.69, 9.17) is 5.73 Å². The minimum Gasteiger partial charge on any atom is -0.335 e. The SMILES string of the molecule is NCCn1cnc(C(=O)N2CC=CCC2)c1. The molecule has 2 N–H and O–H groups in total. The summed E-state index contributed by atoms with van der Waals surface area (Å²) in [5.74, 6) is 0.000112. The Morgan fingerprint density at radius 1 is 1.50 bits per heavy atom. The number of nitrogens with zero attached hydrogens (tertiary/aromatic N) is 3. The van der Waals surface area contributed by atoms with Crippen molar-refractivity contribution in [1.82, 2.24) is 14.5 Å². The molecule has 0 saturated heterocycles. The molecular weight excluding hydrogens is 204 g/mol. The molecule has 2 rings (SSSR count). The predicted molar refractivity (Wildman–Crippen MR) is 60.9 cm³/mol. The van der Waals surface area contributed by atoms with Crippen LogP contribution in [0.3, 0.4) is 0 Å². The quantitative estimate of drug-likeness (QED) is 0.742. The first-order valence-corrected chi connectivity index (χ1v) is 5.47. The minimum atomic E-state index is 0.000112. The maximum absolute atomic E-state index is 12.0. The van der Waals surface area contributed by atoms with Crippen LogP contribution in [-0.2, 0) is 6.54 Å². The van der Waals surface area contributed by atoms with Crippen molar-refractivity contribution in [2.75, 3.05) is 19.6 Å². The van der Waals surface area contributed by atoms with Gasteiger partial charge in [0.25, 0.3) is 5.91 Å². The van der Waals surface area contributed by atoms with Gasteiger partial charge < -0.3 is 15.2 Å². The van der Waals surface area contributed by atoms with Crippen molar-refractivity contribution in [3.05, 3.63) is 30.4 Å². The number of rotatable bonds is 3. The van der Waals surface area contributed by atoms with Crippen LogP contribution in [0.4, 0.5) is 0 Å². The molecule has 1 aliphatic rings. The molecule has 2 heterocycles. The van der Waals surface area contributed by atoms with E-state index in [2.05, 4.69) is 11.1 Å². The van der Waals surface area contributed by atoms with Crippen LogP contribution in [0.1, 0.15) is 16.9 Å². The smallest absolute Gasteiger partial charge is 0.274 e. The largest absolute Gasteiger partial charge is 0.335 e. The van der Waals surface area contributed by atoms with E-state index < -0.39 is 0 Å². The van der Waals surface area contributed by atoms with Gasteiger partial charge in [0.1, 0.15) is 5.69 Å². The molecule has 0 atom stereocenters. The molecule has 0 fully saturated rings. The molecule has 0 spiro atoms. The predicted octanol–water partition coefficient (Wildman–Crippen LogP) is 0.244. The van der Waals surface area contributed by atoms with Gasteiger partial charge in [-0.25, -0.2) is 4.98 Å². The molecule has 1 amide bonds. The number of hydrogen-bond acceptors (Lipinski definition) is 3. The van der Waals surface area contributed by atoms with Gasteiger partial charge in [-0.05, 0) is 6.42 Å². The van der Waals surface area contributed by atoms with Crippen LogP contribution in [0.5, 0.6) is 0 Å². The summed E-state index contributed by atoms with van der Waals surface area (Å²) < 4.78 is 1.84. The molecule has 1 aromatic heterocycles. The van der Waals surface area contributed by atoms with Crippen LogP contribution in [0.2, 0.25) is 0 Å². The van der Waals surface area contributed by atoms with Gasteiger partial charge in [0.15, 0.2) is 0 Å². The molecule has 1 aliphatic heterocycles. The average molecular weight is 220 g/mol. The highest BCUT2D eigenvalue weighted by atomic mass is 16.2. The Kier molecular flexibility index (Phi) is 3.36. The summed E-state index contributed by atoms with van der Waals surface area (Å²) in [6.45, 7) is 2.71. The molecule has 0 radical (unpaired) electrons. The normalized spacial score (nSPS) is 15.4. The van der Waals surface area contributed by atoms with E-state index in [1.54, 1.807) is 17.4 Å². The Bertz CT molecular complexity index is 396. The van der Waals surface area contributed by atoms with Crippen molar-refractivity contribution in [1.29, 1.82) is 0 Å². The van der Waals surface area contributed by atoms with Crippen LogP contribution in [-0.4, -0.2) is 40.0 Å². The molecule has 0 saturated carbocycles. The molecule has 0 bridgehead atoms. The Morgan fingerprint density at radius 2 is 2.38 bits per heavy atom. The summed E-state index contributed by atoms with van der Waals surface area (Å²) in [5, 5.41) is 0. The highest BCUT2D eigenvalue weighted by Gasteiger charge is 2.17. The number of amides is 1. The molecule has 0 aliphatic carbocycles. The first-order chi connectivity index (χ1) is 7.81. The number of imidazole rings is 1. The van der Waals surface area contributed by atoms with Crippen LogP contribution in [0, 0.1) is 0 Å². The second-order valence-electron chi connectivity index (χ2n) is 3.80. The lowest BCUT2D eigenvalue weighted by molar-refractivity contribution is 0.0765. The first-order valence-electron chi connectivity index (χ1n) is 5.47. The third-order valence-corrected chi connectivity index (χ3v) is 2.59. The molecule has 86 valence electrons. The van der Waals surface area contributed by atoms with Crippen LogP contribution < -0.4 is 5.73 Å². The lowest BCUT2D eigenvalue weighted by Crippen LogP contribution is -2.33. The Morgan fingerprint density at radius 3 is 3.06 bits per heavy atom. The molecule has 5 heteroatoms. The third kappa shape index (κ3) is 2.30. The van der Waals surface area contributed by atoms with Crippen LogP contribution in [0.25, 0.3) is 0 Å². The summed E-state index contributed by atoms with van der Waals surface area (Å²) in [6, 6.07) is 0. The number of hydrogen-bond donors (Lipinski definition) is 1. The van der Waals surface area contributed by atoms with Crippen molar-refractivity contribution in [2.45, 2.75) is 13.0 Å². The van der Waals surface area contributed by atoms with Gasteiger partial charge in [0.05, 0.1) is 6.33 Å². The zero-order valence-electron chi connectivity index (χ0n) is 9.17. The monoisotopic (exact) mass is 220 g/mol. The molecule has 0 aromatic carbocycles. The van der Waals surface area contributed by atoms with E-state index >= 15 is 0 Å². The van der Waals surface area contributed by atoms with Crippen molar-refractivity contribution < 1.29 is 4.79 Å². The van der Waals surface area contributed by atoms with E-state index in [1.165, 1.54) is 0 Å². The summed E-state index contributed by atoms with van der Waals surface area (Å²) in [4.78, 5) is 17.9. The Labute approximate surface area is 94.6 Å². The van der Waals surface area contributed by atoms with Gasteiger partial charge in [0, 0.05) is 32.4 Å². The maximum atomic E-state index is 12.0. The fraction of sp³-hybridized carbons (Fsp3) is 0.455. The number of nitrogens with two attached hydrogens (primary N) is 1. The highest BCUT2D eigenvalue weighted by molar-refractivity contribution is 5.92. The topological polar surface area (TPSA) is 64.2 Å². The summed E-state index contributed by atoms with van der Waals surface area (Å²) in [7, 11) is 0. The lowest BCUT2D eigenvalue weighted by atomic mass is 10.2.